The molecule has 0 bridgehead atoms. The van der Waals surface area contributed by atoms with Crippen LogP contribution in [0.15, 0.2) is 73.1 Å². The van der Waals surface area contributed by atoms with Crippen LogP contribution in [0.1, 0.15) is 24.0 Å². The molecular formula is C25H26N5+. The number of rotatable bonds is 6. The summed E-state index contributed by atoms with van der Waals surface area (Å²) in [6, 6.07) is 21.0. The maximum absolute atomic E-state index is 4.81. The SMILES string of the molecule is c1cncc(-c2nc(NCc3ccc(C[NH+]4CCCC4)cc3)c3ccccc3n2)c1. The molecule has 0 spiro atoms. The van der Waals surface area contributed by atoms with Crippen LogP contribution in [0.3, 0.4) is 0 Å². The lowest BCUT2D eigenvalue weighted by molar-refractivity contribution is -0.901. The molecule has 1 aliphatic rings. The molecule has 0 saturated carbocycles. The summed E-state index contributed by atoms with van der Waals surface area (Å²) in [7, 11) is 0. The van der Waals surface area contributed by atoms with Gasteiger partial charge in [0.25, 0.3) is 0 Å². The van der Waals surface area contributed by atoms with Crippen LogP contribution in [0.5, 0.6) is 0 Å². The number of pyridine rings is 1. The molecule has 30 heavy (non-hydrogen) atoms. The Morgan fingerprint density at radius 1 is 0.833 bits per heavy atom. The van der Waals surface area contributed by atoms with Crippen LogP contribution in [-0.2, 0) is 13.1 Å². The summed E-state index contributed by atoms with van der Waals surface area (Å²) in [6.07, 6.45) is 6.30. The summed E-state index contributed by atoms with van der Waals surface area (Å²) in [5.74, 6) is 1.54. The second-order valence-electron chi connectivity index (χ2n) is 7.96. The molecule has 150 valence electrons. The monoisotopic (exact) mass is 396 g/mol. The van der Waals surface area contributed by atoms with Gasteiger partial charge < -0.3 is 10.2 Å². The van der Waals surface area contributed by atoms with Crippen LogP contribution in [-0.4, -0.2) is 28.0 Å². The summed E-state index contributed by atoms with van der Waals surface area (Å²) in [5, 5.41) is 4.56. The molecule has 1 aliphatic heterocycles. The van der Waals surface area contributed by atoms with Gasteiger partial charge in [0, 0.05) is 48.3 Å². The molecule has 3 heterocycles. The van der Waals surface area contributed by atoms with E-state index in [-0.39, 0.29) is 0 Å². The molecule has 2 aromatic heterocycles. The van der Waals surface area contributed by atoms with Crippen molar-refractivity contribution >= 4 is 16.7 Å². The first kappa shape index (κ1) is 18.7. The Morgan fingerprint density at radius 3 is 2.43 bits per heavy atom. The largest absolute Gasteiger partial charge is 0.365 e. The average Bonchev–Trinajstić information content (AvgIpc) is 3.32. The van der Waals surface area contributed by atoms with Crippen LogP contribution in [0.2, 0.25) is 0 Å². The molecule has 0 atom stereocenters. The summed E-state index contributed by atoms with van der Waals surface area (Å²) < 4.78 is 0. The third-order valence-electron chi connectivity index (χ3n) is 5.77. The fourth-order valence-electron chi connectivity index (χ4n) is 4.14. The van der Waals surface area contributed by atoms with Crippen LogP contribution in [0, 0.1) is 0 Å². The predicted molar refractivity (Wildman–Crippen MR) is 120 cm³/mol. The number of aromatic nitrogens is 3. The topological polar surface area (TPSA) is 55.1 Å². The van der Waals surface area contributed by atoms with Crippen molar-refractivity contribution in [1.29, 1.82) is 0 Å². The number of nitrogens with one attached hydrogen (secondary N) is 2. The van der Waals surface area contributed by atoms with Crippen molar-refractivity contribution in [3.8, 4) is 11.4 Å². The molecular weight excluding hydrogens is 370 g/mol. The molecule has 5 nitrogen and oxygen atoms in total. The molecule has 5 heteroatoms. The van der Waals surface area contributed by atoms with Gasteiger partial charge in [-0.1, -0.05) is 36.4 Å². The van der Waals surface area contributed by atoms with E-state index in [1.54, 1.807) is 17.3 Å². The van der Waals surface area contributed by atoms with Crippen molar-refractivity contribution in [3.05, 3.63) is 84.2 Å². The first-order valence-corrected chi connectivity index (χ1v) is 10.7. The number of quaternary nitrogens is 1. The Bertz CT molecular complexity index is 1120. The third kappa shape index (κ3) is 4.16. The second kappa shape index (κ2) is 8.59. The Kier molecular flexibility index (Phi) is 5.36. The second-order valence-corrected chi connectivity index (χ2v) is 7.96. The number of nitrogens with zero attached hydrogens (tertiary/aromatic N) is 3. The summed E-state index contributed by atoms with van der Waals surface area (Å²) in [4.78, 5) is 15.4. The van der Waals surface area contributed by atoms with Crippen molar-refractivity contribution < 1.29 is 4.90 Å². The first-order chi connectivity index (χ1) is 14.8. The number of hydrogen-bond donors (Lipinski definition) is 2. The van der Waals surface area contributed by atoms with Crippen molar-refractivity contribution in [2.24, 2.45) is 0 Å². The summed E-state index contributed by atoms with van der Waals surface area (Å²) >= 11 is 0. The van der Waals surface area contributed by atoms with E-state index < -0.39 is 0 Å². The van der Waals surface area contributed by atoms with E-state index >= 15 is 0 Å². The van der Waals surface area contributed by atoms with Gasteiger partial charge in [0.15, 0.2) is 5.82 Å². The highest BCUT2D eigenvalue weighted by molar-refractivity contribution is 5.90. The van der Waals surface area contributed by atoms with E-state index in [9.17, 15) is 0 Å². The van der Waals surface area contributed by atoms with Crippen LogP contribution >= 0.6 is 0 Å². The minimum Gasteiger partial charge on any atom is -0.365 e. The van der Waals surface area contributed by atoms with E-state index in [4.69, 9.17) is 9.97 Å². The number of para-hydroxylation sites is 1. The fraction of sp³-hybridized carbons (Fsp3) is 0.240. The zero-order valence-corrected chi connectivity index (χ0v) is 17.0. The van der Waals surface area contributed by atoms with Gasteiger partial charge in [0.2, 0.25) is 0 Å². The van der Waals surface area contributed by atoms with Crippen LogP contribution in [0.25, 0.3) is 22.3 Å². The van der Waals surface area contributed by atoms with Gasteiger partial charge in [-0.3, -0.25) is 4.98 Å². The van der Waals surface area contributed by atoms with Gasteiger partial charge in [0.1, 0.15) is 12.4 Å². The number of benzene rings is 2. The molecule has 2 aromatic carbocycles. The fourth-order valence-corrected chi connectivity index (χ4v) is 4.14. The quantitative estimate of drug-likeness (QED) is 0.524. The molecule has 0 amide bonds. The van der Waals surface area contributed by atoms with E-state index in [0.717, 1.165) is 35.4 Å². The number of anilines is 1. The normalized spacial score (nSPS) is 14.3. The highest BCUT2D eigenvalue weighted by Crippen LogP contribution is 2.25. The van der Waals surface area contributed by atoms with Crippen molar-refractivity contribution in [3.63, 3.8) is 0 Å². The Labute approximate surface area is 176 Å². The highest BCUT2D eigenvalue weighted by Gasteiger charge is 2.15. The lowest BCUT2D eigenvalue weighted by Gasteiger charge is -2.13. The maximum atomic E-state index is 4.81. The minimum atomic E-state index is 0.688. The number of likely N-dealkylation sites (tertiary alicyclic amines) is 1. The Morgan fingerprint density at radius 2 is 1.63 bits per heavy atom. The zero-order chi connectivity index (χ0) is 20.2. The number of hydrogen-bond acceptors (Lipinski definition) is 4. The third-order valence-corrected chi connectivity index (χ3v) is 5.77. The summed E-state index contributed by atoms with van der Waals surface area (Å²) in [6.45, 7) is 4.48. The molecule has 1 fully saturated rings. The van der Waals surface area contributed by atoms with Gasteiger partial charge in [-0.25, -0.2) is 9.97 Å². The molecule has 0 radical (unpaired) electrons. The highest BCUT2D eigenvalue weighted by atomic mass is 15.1. The zero-order valence-electron chi connectivity index (χ0n) is 17.0. The average molecular weight is 397 g/mol. The molecule has 1 saturated heterocycles. The summed E-state index contributed by atoms with van der Waals surface area (Å²) in [5.41, 5.74) is 4.51. The van der Waals surface area contributed by atoms with E-state index in [2.05, 4.69) is 40.6 Å². The predicted octanol–water partition coefficient (Wildman–Crippen LogP) is 3.48. The van der Waals surface area contributed by atoms with Crippen molar-refractivity contribution in [2.45, 2.75) is 25.9 Å². The molecule has 4 aromatic rings. The lowest BCUT2D eigenvalue weighted by atomic mass is 10.1. The van der Waals surface area contributed by atoms with E-state index in [1.165, 1.54) is 37.1 Å². The molecule has 2 N–H and O–H groups in total. The van der Waals surface area contributed by atoms with Crippen molar-refractivity contribution in [1.82, 2.24) is 15.0 Å². The molecule has 0 aliphatic carbocycles. The van der Waals surface area contributed by atoms with Crippen molar-refractivity contribution in [2.75, 3.05) is 18.4 Å². The molecule has 5 rings (SSSR count). The van der Waals surface area contributed by atoms with Gasteiger partial charge in [-0.05, 0) is 29.8 Å². The minimum absolute atomic E-state index is 0.688. The first-order valence-electron chi connectivity index (χ1n) is 10.7. The Balaban J connectivity index is 1.35. The van der Waals surface area contributed by atoms with Crippen LogP contribution in [0.4, 0.5) is 5.82 Å². The van der Waals surface area contributed by atoms with Gasteiger partial charge in [0.05, 0.1) is 18.6 Å². The number of fused-ring (bicyclic) bond motifs is 1. The standard InChI is InChI=1S/C25H25N5/c1-2-8-23-22(7-1)25(29-24(28-23)21-6-5-13-26-17-21)27-16-19-9-11-20(12-10-19)18-30-14-3-4-15-30/h1-2,5-13,17H,3-4,14-16,18H2,(H,27,28,29)/p+1. The van der Waals surface area contributed by atoms with Crippen LogP contribution < -0.4 is 10.2 Å². The van der Waals surface area contributed by atoms with E-state index in [0.29, 0.717) is 5.82 Å². The van der Waals surface area contributed by atoms with Gasteiger partial charge in [-0.15, -0.1) is 0 Å². The smallest absolute Gasteiger partial charge is 0.163 e. The lowest BCUT2D eigenvalue weighted by Crippen LogP contribution is -3.08. The Hall–Kier alpha value is -3.31. The maximum Gasteiger partial charge on any atom is 0.163 e. The molecule has 0 unspecified atom stereocenters. The van der Waals surface area contributed by atoms with Gasteiger partial charge >= 0.3 is 0 Å². The van der Waals surface area contributed by atoms with Gasteiger partial charge in [-0.2, -0.15) is 0 Å². The van der Waals surface area contributed by atoms with E-state index in [1.807, 2.05) is 30.3 Å².